The van der Waals surface area contributed by atoms with Gasteiger partial charge in [0.25, 0.3) is 11.6 Å². The van der Waals surface area contributed by atoms with Gasteiger partial charge in [0.1, 0.15) is 0 Å². The Labute approximate surface area is 144 Å². The van der Waals surface area contributed by atoms with Crippen molar-refractivity contribution in [2.45, 2.75) is 19.4 Å². The molecule has 0 saturated heterocycles. The minimum absolute atomic E-state index is 0.0479. The third-order valence-corrected chi connectivity index (χ3v) is 3.94. The number of nitrogens with zero attached hydrogens (tertiary/aromatic N) is 1. The van der Waals surface area contributed by atoms with E-state index in [0.29, 0.717) is 6.54 Å². The molecule has 1 saturated carbocycles. The lowest BCUT2D eigenvalue weighted by atomic mass is 10.1. The highest BCUT2D eigenvalue weighted by atomic mass is 16.6. The molecule has 1 aliphatic rings. The van der Waals surface area contributed by atoms with Crippen molar-refractivity contribution in [2.75, 3.05) is 5.32 Å². The predicted octanol–water partition coefficient (Wildman–Crippen LogP) is 2.87. The number of carbonyl (C=O) groups excluding carboxylic acids is 2. The first-order valence-electron chi connectivity index (χ1n) is 7.95. The number of non-ortho nitro benzene ring substituents is 1. The van der Waals surface area contributed by atoms with E-state index < -0.39 is 4.92 Å². The molecule has 1 aliphatic carbocycles. The summed E-state index contributed by atoms with van der Waals surface area (Å²) < 4.78 is 0. The van der Waals surface area contributed by atoms with E-state index in [9.17, 15) is 19.7 Å². The summed E-state index contributed by atoms with van der Waals surface area (Å²) in [4.78, 5) is 34.0. The summed E-state index contributed by atoms with van der Waals surface area (Å²) in [6.07, 6.45) is 1.90. The van der Waals surface area contributed by atoms with E-state index in [2.05, 4.69) is 10.6 Å². The fourth-order valence-corrected chi connectivity index (χ4v) is 2.34. The van der Waals surface area contributed by atoms with Crippen LogP contribution in [0.25, 0.3) is 0 Å². The van der Waals surface area contributed by atoms with E-state index >= 15 is 0 Å². The summed E-state index contributed by atoms with van der Waals surface area (Å²) in [5, 5.41) is 16.3. The molecule has 0 unspecified atom stereocenters. The standard InChI is InChI=1S/C18H17N3O4/c22-17(14-2-1-3-16(10-14)21(24)25)19-11-12-4-8-15(9-5-12)20-18(23)13-6-7-13/h1-5,8-10,13H,6-7,11H2,(H,19,22)(H,20,23). The molecule has 0 radical (unpaired) electrons. The number of hydrogen-bond acceptors (Lipinski definition) is 4. The number of nitrogens with one attached hydrogen (secondary N) is 2. The summed E-state index contributed by atoms with van der Waals surface area (Å²) in [5.74, 6) is -0.185. The van der Waals surface area contributed by atoms with Crippen molar-refractivity contribution in [3.8, 4) is 0 Å². The van der Waals surface area contributed by atoms with Crippen molar-refractivity contribution in [2.24, 2.45) is 5.92 Å². The fraction of sp³-hybridized carbons (Fsp3) is 0.222. The molecule has 0 aromatic heterocycles. The summed E-state index contributed by atoms with van der Waals surface area (Å²) in [7, 11) is 0. The quantitative estimate of drug-likeness (QED) is 0.624. The van der Waals surface area contributed by atoms with Crippen LogP contribution in [0.4, 0.5) is 11.4 Å². The molecule has 3 rings (SSSR count). The highest BCUT2D eigenvalue weighted by Crippen LogP contribution is 2.30. The van der Waals surface area contributed by atoms with Gasteiger partial charge in [-0.2, -0.15) is 0 Å². The molecular weight excluding hydrogens is 322 g/mol. The Morgan fingerprint density at radius 3 is 2.48 bits per heavy atom. The maximum absolute atomic E-state index is 12.1. The van der Waals surface area contributed by atoms with Gasteiger partial charge in [0, 0.05) is 35.8 Å². The third-order valence-electron chi connectivity index (χ3n) is 3.94. The number of rotatable bonds is 6. The largest absolute Gasteiger partial charge is 0.348 e. The third kappa shape index (κ3) is 4.41. The summed E-state index contributed by atoms with van der Waals surface area (Å²) >= 11 is 0. The zero-order chi connectivity index (χ0) is 17.8. The zero-order valence-electron chi connectivity index (χ0n) is 13.4. The van der Waals surface area contributed by atoms with Gasteiger partial charge in [-0.25, -0.2) is 0 Å². The Bertz CT molecular complexity index is 813. The van der Waals surface area contributed by atoms with Gasteiger partial charge in [0.2, 0.25) is 5.91 Å². The van der Waals surface area contributed by atoms with E-state index in [4.69, 9.17) is 0 Å². The van der Waals surface area contributed by atoms with Crippen LogP contribution in [0.2, 0.25) is 0 Å². The van der Waals surface area contributed by atoms with Crippen molar-refractivity contribution >= 4 is 23.2 Å². The SMILES string of the molecule is O=C(NCc1ccc(NC(=O)C2CC2)cc1)c1cccc([N+](=O)[O-])c1. The summed E-state index contributed by atoms with van der Waals surface area (Å²) in [6, 6.07) is 12.8. The molecule has 0 atom stereocenters. The van der Waals surface area contributed by atoms with Gasteiger partial charge in [0.05, 0.1) is 4.92 Å². The molecule has 2 aromatic carbocycles. The molecule has 1 fully saturated rings. The van der Waals surface area contributed by atoms with Gasteiger partial charge < -0.3 is 10.6 Å². The highest BCUT2D eigenvalue weighted by Gasteiger charge is 2.29. The number of carbonyl (C=O) groups is 2. The van der Waals surface area contributed by atoms with Crippen molar-refractivity contribution in [3.05, 3.63) is 69.8 Å². The van der Waals surface area contributed by atoms with Crippen molar-refractivity contribution in [3.63, 3.8) is 0 Å². The molecule has 2 N–H and O–H groups in total. The average Bonchev–Trinajstić information content (AvgIpc) is 3.46. The van der Waals surface area contributed by atoms with Gasteiger partial charge in [-0.15, -0.1) is 0 Å². The van der Waals surface area contributed by atoms with Crippen LogP contribution in [-0.2, 0) is 11.3 Å². The van der Waals surface area contributed by atoms with Crippen LogP contribution in [0.5, 0.6) is 0 Å². The Morgan fingerprint density at radius 2 is 1.84 bits per heavy atom. The van der Waals surface area contributed by atoms with Crippen LogP contribution in [0.3, 0.4) is 0 Å². The highest BCUT2D eigenvalue weighted by molar-refractivity contribution is 5.95. The molecule has 2 aromatic rings. The van der Waals surface area contributed by atoms with Gasteiger partial charge in [-0.3, -0.25) is 19.7 Å². The van der Waals surface area contributed by atoms with E-state index in [0.717, 1.165) is 24.1 Å². The van der Waals surface area contributed by atoms with Gasteiger partial charge >= 0.3 is 0 Å². The molecule has 0 heterocycles. The van der Waals surface area contributed by atoms with E-state index in [1.165, 1.54) is 24.3 Å². The lowest BCUT2D eigenvalue weighted by Gasteiger charge is -2.08. The van der Waals surface area contributed by atoms with Crippen molar-refractivity contribution in [1.29, 1.82) is 0 Å². The lowest BCUT2D eigenvalue weighted by molar-refractivity contribution is -0.384. The Kier molecular flexibility index (Phi) is 4.74. The molecule has 0 bridgehead atoms. The molecular formula is C18H17N3O4. The number of nitro benzene ring substituents is 1. The van der Waals surface area contributed by atoms with Gasteiger partial charge in [0.15, 0.2) is 0 Å². The first-order chi connectivity index (χ1) is 12.0. The summed E-state index contributed by atoms with van der Waals surface area (Å²) in [5.41, 5.74) is 1.71. The van der Waals surface area contributed by atoms with Crippen LogP contribution in [0.1, 0.15) is 28.8 Å². The van der Waals surface area contributed by atoms with Gasteiger partial charge in [-0.05, 0) is 36.6 Å². The first-order valence-corrected chi connectivity index (χ1v) is 7.95. The van der Waals surface area contributed by atoms with E-state index in [1.54, 1.807) is 12.1 Å². The maximum atomic E-state index is 12.1. The topological polar surface area (TPSA) is 101 Å². The first kappa shape index (κ1) is 16.6. The van der Waals surface area contributed by atoms with Crippen LogP contribution in [0.15, 0.2) is 48.5 Å². The molecule has 7 heteroatoms. The number of benzene rings is 2. The summed E-state index contributed by atoms with van der Waals surface area (Å²) in [6.45, 7) is 0.290. The second-order valence-corrected chi connectivity index (χ2v) is 5.95. The normalized spacial score (nSPS) is 13.1. The number of hydrogen-bond donors (Lipinski definition) is 2. The molecule has 0 aliphatic heterocycles. The van der Waals surface area contributed by atoms with E-state index in [1.807, 2.05) is 12.1 Å². The van der Waals surface area contributed by atoms with Crippen LogP contribution in [-0.4, -0.2) is 16.7 Å². The molecule has 7 nitrogen and oxygen atoms in total. The average molecular weight is 339 g/mol. The number of nitro groups is 1. The van der Waals surface area contributed by atoms with E-state index in [-0.39, 0.29) is 29.0 Å². The Balaban J connectivity index is 1.55. The number of anilines is 1. The van der Waals surface area contributed by atoms with Gasteiger partial charge in [-0.1, -0.05) is 18.2 Å². The second kappa shape index (κ2) is 7.12. The second-order valence-electron chi connectivity index (χ2n) is 5.95. The molecule has 128 valence electrons. The van der Waals surface area contributed by atoms with Crippen LogP contribution in [0, 0.1) is 16.0 Å². The Hall–Kier alpha value is -3.22. The minimum Gasteiger partial charge on any atom is -0.348 e. The molecule has 25 heavy (non-hydrogen) atoms. The lowest BCUT2D eigenvalue weighted by Crippen LogP contribution is -2.22. The zero-order valence-corrected chi connectivity index (χ0v) is 13.4. The Morgan fingerprint density at radius 1 is 1.12 bits per heavy atom. The predicted molar refractivity (Wildman–Crippen MR) is 92.1 cm³/mol. The van der Waals surface area contributed by atoms with Crippen LogP contribution < -0.4 is 10.6 Å². The van der Waals surface area contributed by atoms with Crippen molar-refractivity contribution < 1.29 is 14.5 Å². The molecule has 0 spiro atoms. The minimum atomic E-state index is -0.536. The fourth-order valence-electron chi connectivity index (χ4n) is 2.34. The van der Waals surface area contributed by atoms with Crippen LogP contribution >= 0.6 is 0 Å². The number of amides is 2. The molecule has 2 amide bonds. The smallest absolute Gasteiger partial charge is 0.270 e. The maximum Gasteiger partial charge on any atom is 0.270 e. The van der Waals surface area contributed by atoms with Crippen molar-refractivity contribution in [1.82, 2.24) is 5.32 Å². The monoisotopic (exact) mass is 339 g/mol.